The van der Waals surface area contributed by atoms with Crippen molar-refractivity contribution in [2.24, 2.45) is 0 Å². The highest BCUT2D eigenvalue weighted by Crippen LogP contribution is 2.39. The van der Waals surface area contributed by atoms with E-state index in [0.29, 0.717) is 24.8 Å². The van der Waals surface area contributed by atoms with Gasteiger partial charge in [-0.3, -0.25) is 4.90 Å². The number of morpholine rings is 1. The lowest BCUT2D eigenvalue weighted by Gasteiger charge is -2.42. The Morgan fingerprint density at radius 2 is 1.90 bits per heavy atom. The minimum absolute atomic E-state index is 0.200. The average molecular weight is 300 g/mol. The van der Waals surface area contributed by atoms with Crippen molar-refractivity contribution in [2.75, 3.05) is 26.7 Å². The first-order valence-corrected chi connectivity index (χ1v) is 7.28. The van der Waals surface area contributed by atoms with Crippen molar-refractivity contribution in [1.82, 2.24) is 10.2 Å². The lowest BCUT2D eigenvalue weighted by molar-refractivity contribution is -0.0741. The van der Waals surface area contributed by atoms with E-state index in [1.807, 2.05) is 7.05 Å². The third-order valence-electron chi connectivity index (χ3n) is 4.16. The van der Waals surface area contributed by atoms with Crippen LogP contribution in [0.25, 0.3) is 0 Å². The molecule has 1 heterocycles. The van der Waals surface area contributed by atoms with E-state index in [1.54, 1.807) is 0 Å². The molecule has 2 fully saturated rings. The first-order chi connectivity index (χ1) is 10.1. The largest absolute Gasteiger partial charge is 0.374 e. The summed E-state index contributed by atoms with van der Waals surface area (Å²) in [6.45, 7) is 1.91. The maximum Gasteiger partial charge on any atom is 0.194 e. The van der Waals surface area contributed by atoms with E-state index in [-0.39, 0.29) is 12.1 Å². The molecular formula is C15H19F3N2O. The molecule has 1 aliphatic heterocycles. The minimum Gasteiger partial charge on any atom is -0.374 e. The van der Waals surface area contributed by atoms with Gasteiger partial charge in [0.05, 0.1) is 18.8 Å². The molecule has 3 nitrogen and oxygen atoms in total. The van der Waals surface area contributed by atoms with Gasteiger partial charge in [0.1, 0.15) is 0 Å². The summed E-state index contributed by atoms with van der Waals surface area (Å²) in [6.07, 6.45) is 1.98. The average Bonchev–Trinajstić information content (AvgIpc) is 3.29. The molecule has 0 aromatic heterocycles. The van der Waals surface area contributed by atoms with Gasteiger partial charge < -0.3 is 10.1 Å². The molecule has 0 amide bonds. The van der Waals surface area contributed by atoms with Crippen LogP contribution < -0.4 is 5.32 Å². The Kier molecular flexibility index (Phi) is 4.19. The molecule has 6 heteroatoms. The molecule has 1 aromatic rings. The number of benzene rings is 1. The Labute approximate surface area is 122 Å². The van der Waals surface area contributed by atoms with E-state index in [0.717, 1.165) is 31.5 Å². The molecule has 0 radical (unpaired) electrons. The molecule has 2 aliphatic rings. The summed E-state index contributed by atoms with van der Waals surface area (Å²) in [5.74, 6) is -3.71. The monoisotopic (exact) mass is 300 g/mol. The summed E-state index contributed by atoms with van der Waals surface area (Å²) < 4.78 is 46.1. The molecule has 1 saturated heterocycles. The number of halogens is 3. The van der Waals surface area contributed by atoms with Gasteiger partial charge in [0.2, 0.25) is 0 Å². The second-order valence-electron chi connectivity index (χ2n) is 5.68. The molecule has 1 N–H and O–H groups in total. The van der Waals surface area contributed by atoms with E-state index in [4.69, 9.17) is 4.74 Å². The lowest BCUT2D eigenvalue weighted by atomic mass is 9.97. The van der Waals surface area contributed by atoms with Gasteiger partial charge in [0.15, 0.2) is 17.5 Å². The van der Waals surface area contributed by atoms with Crippen LogP contribution in [0.2, 0.25) is 0 Å². The quantitative estimate of drug-likeness (QED) is 0.863. The van der Waals surface area contributed by atoms with Crippen molar-refractivity contribution in [2.45, 2.75) is 31.0 Å². The van der Waals surface area contributed by atoms with Crippen LogP contribution in [-0.4, -0.2) is 43.8 Å². The first-order valence-electron chi connectivity index (χ1n) is 7.28. The van der Waals surface area contributed by atoms with Crippen LogP contribution >= 0.6 is 0 Å². The summed E-state index contributed by atoms with van der Waals surface area (Å²) in [7, 11) is 1.81. The Bertz CT molecular complexity index is 497. The van der Waals surface area contributed by atoms with Gasteiger partial charge in [0, 0.05) is 19.1 Å². The Hall–Kier alpha value is -1.11. The normalized spacial score (nSPS) is 27.0. The molecule has 3 rings (SSSR count). The van der Waals surface area contributed by atoms with Crippen molar-refractivity contribution in [3.63, 3.8) is 0 Å². The number of nitrogens with zero attached hydrogens (tertiary/aromatic N) is 1. The summed E-state index contributed by atoms with van der Waals surface area (Å²) in [5, 5.41) is 3.04. The minimum atomic E-state index is -1.42. The number of hydrogen-bond donors (Lipinski definition) is 1. The summed E-state index contributed by atoms with van der Waals surface area (Å²) in [6, 6.07) is 2.38. The molecule has 116 valence electrons. The molecule has 1 aromatic carbocycles. The highest BCUT2D eigenvalue weighted by atomic mass is 19.2. The molecule has 21 heavy (non-hydrogen) atoms. The van der Waals surface area contributed by atoms with Gasteiger partial charge in [-0.25, -0.2) is 13.2 Å². The SMILES string of the molecule is CNCC1OCCN(C2CC2)C1c1cc(F)c(F)c(F)c1. The van der Waals surface area contributed by atoms with Gasteiger partial charge in [-0.2, -0.15) is 0 Å². The van der Waals surface area contributed by atoms with E-state index < -0.39 is 17.5 Å². The zero-order valence-electron chi connectivity index (χ0n) is 11.9. The Morgan fingerprint density at radius 3 is 2.48 bits per heavy atom. The molecule has 2 atom stereocenters. The van der Waals surface area contributed by atoms with Crippen molar-refractivity contribution in [3.05, 3.63) is 35.1 Å². The van der Waals surface area contributed by atoms with Gasteiger partial charge in [0.25, 0.3) is 0 Å². The van der Waals surface area contributed by atoms with Crippen LogP contribution in [0, 0.1) is 17.5 Å². The Balaban J connectivity index is 1.96. The zero-order valence-corrected chi connectivity index (χ0v) is 11.9. The summed E-state index contributed by atoms with van der Waals surface area (Å²) >= 11 is 0. The first kappa shape index (κ1) is 14.8. The predicted octanol–water partition coefficient (Wildman–Crippen LogP) is 2.23. The fourth-order valence-electron chi connectivity index (χ4n) is 3.09. The van der Waals surface area contributed by atoms with Crippen molar-refractivity contribution >= 4 is 0 Å². The fraction of sp³-hybridized carbons (Fsp3) is 0.600. The van der Waals surface area contributed by atoms with Crippen LogP contribution in [0.5, 0.6) is 0 Å². The third-order valence-corrected chi connectivity index (χ3v) is 4.16. The molecule has 1 saturated carbocycles. The number of hydrogen-bond acceptors (Lipinski definition) is 3. The smallest absolute Gasteiger partial charge is 0.194 e. The number of ether oxygens (including phenoxy) is 1. The maximum absolute atomic E-state index is 13.6. The van der Waals surface area contributed by atoms with Crippen LogP contribution in [-0.2, 0) is 4.74 Å². The van der Waals surface area contributed by atoms with E-state index in [2.05, 4.69) is 10.2 Å². The highest BCUT2D eigenvalue weighted by molar-refractivity contribution is 5.25. The fourth-order valence-corrected chi connectivity index (χ4v) is 3.09. The lowest BCUT2D eigenvalue weighted by Crippen LogP contribution is -2.49. The van der Waals surface area contributed by atoms with Gasteiger partial charge in [-0.15, -0.1) is 0 Å². The van der Waals surface area contributed by atoms with Crippen LogP contribution in [0.3, 0.4) is 0 Å². The van der Waals surface area contributed by atoms with E-state index >= 15 is 0 Å². The van der Waals surface area contributed by atoms with Gasteiger partial charge >= 0.3 is 0 Å². The molecule has 0 spiro atoms. The van der Waals surface area contributed by atoms with Crippen LogP contribution in [0.4, 0.5) is 13.2 Å². The second kappa shape index (κ2) is 5.94. The molecule has 0 bridgehead atoms. The van der Waals surface area contributed by atoms with Crippen molar-refractivity contribution in [3.8, 4) is 0 Å². The number of nitrogens with one attached hydrogen (secondary N) is 1. The van der Waals surface area contributed by atoms with Crippen LogP contribution in [0.1, 0.15) is 24.4 Å². The summed E-state index contributed by atoms with van der Waals surface area (Å²) in [5.41, 5.74) is 0.443. The second-order valence-corrected chi connectivity index (χ2v) is 5.68. The summed E-state index contributed by atoms with van der Waals surface area (Å²) in [4.78, 5) is 2.23. The number of likely N-dealkylation sites (N-methyl/N-ethyl adjacent to an activating group) is 1. The standard InChI is InChI=1S/C15H19F3N2O/c1-19-8-13-15(20(4-5-21-13)10-2-3-10)9-6-11(16)14(18)12(17)7-9/h6-7,10,13,15,19H,2-5,8H2,1H3. The highest BCUT2D eigenvalue weighted by Gasteiger charge is 2.41. The molecule has 1 aliphatic carbocycles. The zero-order chi connectivity index (χ0) is 15.0. The number of rotatable bonds is 4. The topological polar surface area (TPSA) is 24.5 Å². The maximum atomic E-state index is 13.6. The molecule has 2 unspecified atom stereocenters. The van der Waals surface area contributed by atoms with Crippen molar-refractivity contribution < 1.29 is 17.9 Å². The Morgan fingerprint density at radius 1 is 1.24 bits per heavy atom. The molecular weight excluding hydrogens is 281 g/mol. The van der Waals surface area contributed by atoms with Crippen LogP contribution in [0.15, 0.2) is 12.1 Å². The van der Waals surface area contributed by atoms with E-state index in [1.165, 1.54) is 0 Å². The predicted molar refractivity (Wildman–Crippen MR) is 72.5 cm³/mol. The van der Waals surface area contributed by atoms with Crippen molar-refractivity contribution in [1.29, 1.82) is 0 Å². The third kappa shape index (κ3) is 2.93. The van der Waals surface area contributed by atoms with Gasteiger partial charge in [-0.1, -0.05) is 0 Å². The van der Waals surface area contributed by atoms with Gasteiger partial charge in [-0.05, 0) is 37.6 Å². The van der Waals surface area contributed by atoms with E-state index in [9.17, 15) is 13.2 Å².